The summed E-state index contributed by atoms with van der Waals surface area (Å²) in [6.45, 7) is 0. The van der Waals surface area contributed by atoms with Crippen molar-refractivity contribution in [1.82, 2.24) is 0 Å². The zero-order valence-electron chi connectivity index (χ0n) is 8.31. The lowest BCUT2D eigenvalue weighted by Gasteiger charge is -2.29. The van der Waals surface area contributed by atoms with Crippen LogP contribution >= 0.6 is 0 Å². The predicted octanol–water partition coefficient (Wildman–Crippen LogP) is 3.68. The molecule has 0 aromatic carbocycles. The van der Waals surface area contributed by atoms with Gasteiger partial charge in [-0.15, -0.1) is 0 Å². The lowest BCUT2D eigenvalue weighted by molar-refractivity contribution is 0.349. The molecule has 3 saturated carbocycles. The summed E-state index contributed by atoms with van der Waals surface area (Å²) in [6.07, 6.45) is 12.3. The largest absolute Gasteiger partial charge is 0.0664 e. The van der Waals surface area contributed by atoms with Gasteiger partial charge in [-0.25, -0.2) is 0 Å². The highest BCUT2D eigenvalue weighted by Crippen LogP contribution is 2.65. The first-order valence-electron chi connectivity index (χ1n) is 6.10. The van der Waals surface area contributed by atoms with Crippen molar-refractivity contribution in [3.05, 3.63) is 11.1 Å². The van der Waals surface area contributed by atoms with Crippen molar-refractivity contribution in [2.45, 2.75) is 51.4 Å². The van der Waals surface area contributed by atoms with Gasteiger partial charge in [-0.1, -0.05) is 11.1 Å². The predicted molar refractivity (Wildman–Crippen MR) is 53.4 cm³/mol. The van der Waals surface area contributed by atoms with E-state index in [2.05, 4.69) is 0 Å². The fourth-order valence-corrected chi connectivity index (χ4v) is 4.55. The topological polar surface area (TPSA) is 0 Å². The SMILES string of the molecule is C1CC2CC2=C1C12CCC(CC1)C2. The van der Waals surface area contributed by atoms with Crippen LogP contribution in [-0.4, -0.2) is 0 Å². The Balaban J connectivity index is 1.77. The van der Waals surface area contributed by atoms with E-state index in [9.17, 15) is 0 Å². The quantitative estimate of drug-likeness (QED) is 0.532. The molecule has 0 nitrogen and oxygen atoms in total. The van der Waals surface area contributed by atoms with Gasteiger partial charge in [0.2, 0.25) is 0 Å². The van der Waals surface area contributed by atoms with E-state index in [1.54, 1.807) is 32.1 Å². The summed E-state index contributed by atoms with van der Waals surface area (Å²) in [5.41, 5.74) is 4.70. The minimum absolute atomic E-state index is 0.783. The smallest absolute Gasteiger partial charge is 0.00825 e. The Labute approximate surface area is 80.4 Å². The van der Waals surface area contributed by atoms with Crippen molar-refractivity contribution in [2.75, 3.05) is 0 Å². The molecule has 0 N–H and O–H groups in total. The molecule has 0 heteroatoms. The molecular formula is C13H18. The number of hydrogen-bond acceptors (Lipinski definition) is 0. The number of rotatable bonds is 1. The van der Waals surface area contributed by atoms with Gasteiger partial charge >= 0.3 is 0 Å². The van der Waals surface area contributed by atoms with Gasteiger partial charge in [-0.05, 0) is 68.6 Å². The number of hydrogen-bond donors (Lipinski definition) is 0. The van der Waals surface area contributed by atoms with Crippen LogP contribution in [0.25, 0.3) is 0 Å². The molecule has 0 radical (unpaired) electrons. The Morgan fingerprint density at radius 1 is 1.08 bits per heavy atom. The zero-order valence-corrected chi connectivity index (χ0v) is 8.31. The molecule has 4 aliphatic rings. The van der Waals surface area contributed by atoms with E-state index in [0.29, 0.717) is 0 Å². The van der Waals surface area contributed by atoms with Gasteiger partial charge in [0.25, 0.3) is 0 Å². The van der Waals surface area contributed by atoms with E-state index in [0.717, 1.165) is 17.3 Å². The van der Waals surface area contributed by atoms with Crippen molar-refractivity contribution in [3.8, 4) is 0 Å². The highest BCUT2D eigenvalue weighted by atomic mass is 14.6. The average Bonchev–Trinajstić information content (AvgIpc) is 2.59. The van der Waals surface area contributed by atoms with Gasteiger partial charge in [-0.2, -0.15) is 0 Å². The van der Waals surface area contributed by atoms with Gasteiger partial charge in [-0.3, -0.25) is 0 Å². The Morgan fingerprint density at radius 3 is 2.38 bits per heavy atom. The van der Waals surface area contributed by atoms with Crippen LogP contribution in [0.4, 0.5) is 0 Å². The van der Waals surface area contributed by atoms with Crippen molar-refractivity contribution in [2.24, 2.45) is 17.3 Å². The molecule has 4 rings (SSSR count). The summed E-state index contributed by atoms with van der Waals surface area (Å²) in [4.78, 5) is 0. The Hall–Kier alpha value is -0.260. The van der Waals surface area contributed by atoms with E-state index < -0.39 is 0 Å². The molecule has 13 heavy (non-hydrogen) atoms. The fourth-order valence-electron chi connectivity index (χ4n) is 4.55. The molecule has 0 amide bonds. The second kappa shape index (κ2) is 2.04. The van der Waals surface area contributed by atoms with Crippen LogP contribution in [0.3, 0.4) is 0 Å². The van der Waals surface area contributed by atoms with E-state index in [1.807, 2.05) is 11.1 Å². The molecule has 0 aromatic rings. The average molecular weight is 174 g/mol. The summed E-state index contributed by atoms with van der Waals surface area (Å²) in [5, 5.41) is 0. The summed E-state index contributed by atoms with van der Waals surface area (Å²) in [5.74, 6) is 2.22. The molecule has 0 heterocycles. The summed E-state index contributed by atoms with van der Waals surface area (Å²) < 4.78 is 0. The molecule has 2 bridgehead atoms. The maximum Gasteiger partial charge on any atom is -0.00825 e. The lowest BCUT2D eigenvalue weighted by Crippen LogP contribution is -2.16. The van der Waals surface area contributed by atoms with Crippen molar-refractivity contribution < 1.29 is 0 Å². The van der Waals surface area contributed by atoms with Gasteiger partial charge in [0.1, 0.15) is 0 Å². The monoisotopic (exact) mass is 174 g/mol. The second-order valence-corrected chi connectivity index (χ2v) is 5.87. The first-order valence-corrected chi connectivity index (χ1v) is 6.10. The molecule has 0 saturated heterocycles. The fraction of sp³-hybridized carbons (Fsp3) is 0.846. The van der Waals surface area contributed by atoms with E-state index in [4.69, 9.17) is 0 Å². The van der Waals surface area contributed by atoms with Gasteiger partial charge in [0.15, 0.2) is 0 Å². The molecule has 0 spiro atoms. The zero-order chi connectivity index (χ0) is 8.47. The van der Waals surface area contributed by atoms with Gasteiger partial charge < -0.3 is 0 Å². The third-order valence-corrected chi connectivity index (χ3v) is 5.31. The maximum atomic E-state index is 1.98. The maximum absolute atomic E-state index is 1.98. The van der Waals surface area contributed by atoms with Crippen LogP contribution < -0.4 is 0 Å². The Morgan fingerprint density at radius 2 is 1.92 bits per heavy atom. The van der Waals surface area contributed by atoms with E-state index in [-0.39, 0.29) is 0 Å². The standard InChI is InChI=1S/C13H18/c1-2-12(11-7-10(1)11)13-5-3-9(8-13)4-6-13/h9-10H,1-8H2. The lowest BCUT2D eigenvalue weighted by atomic mass is 9.76. The molecule has 1 unspecified atom stereocenters. The van der Waals surface area contributed by atoms with Crippen molar-refractivity contribution in [3.63, 3.8) is 0 Å². The van der Waals surface area contributed by atoms with E-state index in [1.165, 1.54) is 19.3 Å². The third kappa shape index (κ3) is 0.782. The van der Waals surface area contributed by atoms with Crippen LogP contribution in [0.2, 0.25) is 0 Å². The van der Waals surface area contributed by atoms with Crippen LogP contribution in [0, 0.1) is 17.3 Å². The highest BCUT2D eigenvalue weighted by Gasteiger charge is 2.52. The minimum atomic E-state index is 0.783. The van der Waals surface area contributed by atoms with Gasteiger partial charge in [0.05, 0.1) is 0 Å². The first kappa shape index (κ1) is 7.09. The molecule has 4 aliphatic carbocycles. The molecule has 3 fully saturated rings. The number of fused-ring (bicyclic) bond motifs is 3. The molecule has 0 aromatic heterocycles. The Bertz CT molecular complexity index is 289. The molecular weight excluding hydrogens is 156 g/mol. The minimum Gasteiger partial charge on any atom is -0.0664 e. The first-order chi connectivity index (χ1) is 6.37. The summed E-state index contributed by atoms with van der Waals surface area (Å²) >= 11 is 0. The third-order valence-electron chi connectivity index (χ3n) is 5.31. The van der Waals surface area contributed by atoms with Gasteiger partial charge in [0, 0.05) is 0 Å². The second-order valence-electron chi connectivity index (χ2n) is 5.87. The summed E-state index contributed by atoms with van der Waals surface area (Å²) in [7, 11) is 0. The van der Waals surface area contributed by atoms with Crippen molar-refractivity contribution in [1.29, 1.82) is 0 Å². The number of allylic oxidation sites excluding steroid dienone is 2. The van der Waals surface area contributed by atoms with Crippen LogP contribution in [-0.2, 0) is 0 Å². The van der Waals surface area contributed by atoms with Crippen LogP contribution in [0.15, 0.2) is 11.1 Å². The molecule has 70 valence electrons. The van der Waals surface area contributed by atoms with Crippen LogP contribution in [0.5, 0.6) is 0 Å². The molecule has 0 aliphatic heterocycles. The van der Waals surface area contributed by atoms with E-state index >= 15 is 0 Å². The normalized spacial score (nSPS) is 51.7. The van der Waals surface area contributed by atoms with Crippen LogP contribution in [0.1, 0.15) is 51.4 Å². The Kier molecular flexibility index (Phi) is 1.11. The van der Waals surface area contributed by atoms with Crippen molar-refractivity contribution >= 4 is 0 Å². The molecule has 1 atom stereocenters. The summed E-state index contributed by atoms with van der Waals surface area (Å²) in [6, 6.07) is 0. The highest BCUT2D eigenvalue weighted by molar-refractivity contribution is 5.40.